The van der Waals surface area contributed by atoms with Gasteiger partial charge in [-0.2, -0.15) is 0 Å². The summed E-state index contributed by atoms with van der Waals surface area (Å²) in [5.41, 5.74) is 1.37. The number of amides is 1. The van der Waals surface area contributed by atoms with E-state index in [1.54, 1.807) is 7.05 Å². The second-order valence-electron chi connectivity index (χ2n) is 8.54. The Kier molecular flexibility index (Phi) is 10.6. The van der Waals surface area contributed by atoms with E-state index in [-0.39, 0.29) is 0 Å². The Labute approximate surface area is 186 Å². The fourth-order valence-corrected chi connectivity index (χ4v) is 3.09. The van der Waals surface area contributed by atoms with Crippen molar-refractivity contribution in [3.05, 3.63) is 29.8 Å². The predicted molar refractivity (Wildman–Crippen MR) is 124 cm³/mol. The van der Waals surface area contributed by atoms with E-state index in [1.807, 2.05) is 45.0 Å². The highest BCUT2D eigenvalue weighted by molar-refractivity contribution is 5.84. The maximum Gasteiger partial charge on any atom is 0.412 e. The molecule has 0 unspecified atom stereocenters. The van der Waals surface area contributed by atoms with Gasteiger partial charge in [0.1, 0.15) is 5.60 Å². The fourth-order valence-electron chi connectivity index (χ4n) is 3.09. The topological polar surface area (TPSA) is 93.2 Å². The average molecular weight is 435 g/mol. The number of hydrogen-bond acceptors (Lipinski definition) is 5. The number of carbonyl (C=O) groups excluding carboxylic acids is 1. The van der Waals surface area contributed by atoms with E-state index in [9.17, 15) is 4.79 Å². The predicted octanol–water partition coefficient (Wildman–Crippen LogP) is 3.33. The quantitative estimate of drug-likeness (QED) is 0.314. The van der Waals surface area contributed by atoms with Crippen LogP contribution < -0.4 is 16.0 Å². The van der Waals surface area contributed by atoms with Gasteiger partial charge in [0.2, 0.25) is 0 Å². The summed E-state index contributed by atoms with van der Waals surface area (Å²) in [7, 11) is 1.77. The van der Waals surface area contributed by atoms with Crippen LogP contribution in [0.4, 0.5) is 10.5 Å². The van der Waals surface area contributed by atoms with Gasteiger partial charge in [-0.25, -0.2) is 4.79 Å². The van der Waals surface area contributed by atoms with Crippen molar-refractivity contribution in [3.63, 3.8) is 0 Å². The molecule has 0 aliphatic carbocycles. The van der Waals surface area contributed by atoms with Crippen molar-refractivity contribution >= 4 is 17.7 Å². The van der Waals surface area contributed by atoms with Crippen LogP contribution in [0.1, 0.15) is 45.6 Å². The van der Waals surface area contributed by atoms with Gasteiger partial charge in [0.05, 0.1) is 6.10 Å². The lowest BCUT2D eigenvalue weighted by atomic mass is 10.1. The van der Waals surface area contributed by atoms with Crippen LogP contribution in [0.15, 0.2) is 29.3 Å². The van der Waals surface area contributed by atoms with E-state index in [0.29, 0.717) is 11.8 Å². The van der Waals surface area contributed by atoms with Crippen LogP contribution in [-0.4, -0.2) is 63.7 Å². The van der Waals surface area contributed by atoms with Crippen LogP contribution in [0.3, 0.4) is 0 Å². The van der Waals surface area contributed by atoms with E-state index >= 15 is 0 Å². The summed E-state index contributed by atoms with van der Waals surface area (Å²) in [6.07, 6.45) is 3.67. The molecule has 0 bridgehead atoms. The Bertz CT molecular complexity index is 680. The third-order valence-corrected chi connectivity index (χ3v) is 4.66. The minimum atomic E-state index is -0.514. The molecule has 1 fully saturated rings. The molecule has 1 heterocycles. The molecule has 31 heavy (non-hydrogen) atoms. The minimum Gasteiger partial charge on any atom is -0.444 e. The molecule has 2 rings (SSSR count). The first-order chi connectivity index (χ1) is 14.9. The van der Waals surface area contributed by atoms with Crippen LogP contribution in [0.5, 0.6) is 0 Å². The van der Waals surface area contributed by atoms with Crippen LogP contribution >= 0.6 is 0 Å². The third kappa shape index (κ3) is 11.0. The zero-order valence-corrected chi connectivity index (χ0v) is 19.3. The SMILES string of the molecule is CN=C(NCCCOC1CCOCC1)NCCc1ccc(NC(=O)OC(C)(C)C)cc1. The molecule has 0 atom stereocenters. The van der Waals surface area contributed by atoms with Gasteiger partial charge < -0.3 is 24.8 Å². The first-order valence-corrected chi connectivity index (χ1v) is 11.1. The fraction of sp³-hybridized carbons (Fsp3) is 0.652. The van der Waals surface area contributed by atoms with Gasteiger partial charge in [0, 0.05) is 45.6 Å². The van der Waals surface area contributed by atoms with E-state index in [1.165, 1.54) is 5.56 Å². The Morgan fingerprint density at radius 3 is 2.45 bits per heavy atom. The molecule has 0 aromatic heterocycles. The van der Waals surface area contributed by atoms with Crippen molar-refractivity contribution < 1.29 is 19.0 Å². The molecule has 8 heteroatoms. The zero-order chi connectivity index (χ0) is 22.5. The van der Waals surface area contributed by atoms with Gasteiger partial charge >= 0.3 is 6.09 Å². The summed E-state index contributed by atoms with van der Waals surface area (Å²) in [6.45, 7) is 9.46. The summed E-state index contributed by atoms with van der Waals surface area (Å²) < 4.78 is 16.5. The van der Waals surface area contributed by atoms with E-state index in [4.69, 9.17) is 14.2 Å². The normalized spacial score (nSPS) is 15.4. The highest BCUT2D eigenvalue weighted by Crippen LogP contribution is 2.13. The number of nitrogens with zero attached hydrogens (tertiary/aromatic N) is 1. The average Bonchev–Trinajstić information content (AvgIpc) is 2.73. The maximum atomic E-state index is 11.8. The maximum absolute atomic E-state index is 11.8. The van der Waals surface area contributed by atoms with Crippen LogP contribution in [0, 0.1) is 0 Å². The number of anilines is 1. The molecule has 174 valence electrons. The van der Waals surface area contributed by atoms with E-state index in [2.05, 4.69) is 20.9 Å². The van der Waals surface area contributed by atoms with E-state index in [0.717, 1.165) is 64.6 Å². The second kappa shape index (κ2) is 13.2. The molecule has 1 aromatic rings. The number of ether oxygens (including phenoxy) is 3. The zero-order valence-electron chi connectivity index (χ0n) is 19.3. The number of benzene rings is 1. The molecule has 1 saturated heterocycles. The summed E-state index contributed by atoms with van der Waals surface area (Å²) in [6, 6.07) is 7.76. The molecular formula is C23H38N4O4. The first-order valence-electron chi connectivity index (χ1n) is 11.1. The molecule has 1 aliphatic heterocycles. The number of carbonyl (C=O) groups is 1. The van der Waals surface area contributed by atoms with Crippen molar-refractivity contribution in [2.45, 2.75) is 58.2 Å². The van der Waals surface area contributed by atoms with Crippen molar-refractivity contribution in [3.8, 4) is 0 Å². The molecular weight excluding hydrogens is 396 g/mol. The molecule has 1 aliphatic rings. The summed E-state index contributed by atoms with van der Waals surface area (Å²) in [5, 5.41) is 9.38. The molecule has 1 amide bonds. The molecule has 8 nitrogen and oxygen atoms in total. The summed E-state index contributed by atoms with van der Waals surface area (Å²) in [5.74, 6) is 0.786. The number of aliphatic imine (C=N–C) groups is 1. The Balaban J connectivity index is 1.59. The largest absolute Gasteiger partial charge is 0.444 e. The van der Waals surface area contributed by atoms with Crippen LogP contribution in [0.2, 0.25) is 0 Å². The van der Waals surface area contributed by atoms with E-state index < -0.39 is 11.7 Å². The molecule has 0 spiro atoms. The van der Waals surface area contributed by atoms with Gasteiger partial charge in [0.15, 0.2) is 5.96 Å². The Hall–Kier alpha value is -2.32. The minimum absolute atomic E-state index is 0.344. The van der Waals surface area contributed by atoms with Gasteiger partial charge in [-0.15, -0.1) is 0 Å². The molecule has 0 radical (unpaired) electrons. The van der Waals surface area contributed by atoms with Crippen LogP contribution in [-0.2, 0) is 20.6 Å². The lowest BCUT2D eigenvalue weighted by Crippen LogP contribution is -2.39. The molecule has 1 aromatic carbocycles. The molecule has 0 saturated carbocycles. The van der Waals surface area contributed by atoms with Crippen molar-refractivity contribution in [2.24, 2.45) is 4.99 Å². The van der Waals surface area contributed by atoms with Crippen molar-refractivity contribution in [2.75, 3.05) is 45.3 Å². The van der Waals surface area contributed by atoms with Crippen molar-refractivity contribution in [1.82, 2.24) is 10.6 Å². The van der Waals surface area contributed by atoms with Crippen molar-refractivity contribution in [1.29, 1.82) is 0 Å². The van der Waals surface area contributed by atoms with Gasteiger partial charge in [-0.3, -0.25) is 10.3 Å². The second-order valence-corrected chi connectivity index (χ2v) is 8.54. The summed E-state index contributed by atoms with van der Waals surface area (Å²) >= 11 is 0. The Morgan fingerprint density at radius 2 is 1.81 bits per heavy atom. The smallest absolute Gasteiger partial charge is 0.412 e. The number of nitrogens with one attached hydrogen (secondary N) is 3. The Morgan fingerprint density at radius 1 is 1.13 bits per heavy atom. The van der Waals surface area contributed by atoms with Gasteiger partial charge in [-0.05, 0) is 64.2 Å². The lowest BCUT2D eigenvalue weighted by Gasteiger charge is -2.22. The van der Waals surface area contributed by atoms with Gasteiger partial charge in [0.25, 0.3) is 0 Å². The monoisotopic (exact) mass is 434 g/mol. The number of rotatable bonds is 9. The lowest BCUT2D eigenvalue weighted by molar-refractivity contribution is -0.0320. The number of hydrogen-bond donors (Lipinski definition) is 3. The third-order valence-electron chi connectivity index (χ3n) is 4.66. The standard InChI is InChI=1S/C23H38N4O4/c1-23(2,3)31-22(28)27-19-8-6-18(7-9-19)10-14-26-21(24-4)25-13-5-15-30-20-11-16-29-17-12-20/h6-9,20H,5,10-17H2,1-4H3,(H,27,28)(H2,24,25,26). The first kappa shape index (κ1) is 24.9. The highest BCUT2D eigenvalue weighted by atomic mass is 16.6. The van der Waals surface area contributed by atoms with Crippen LogP contribution in [0.25, 0.3) is 0 Å². The molecule has 3 N–H and O–H groups in total. The number of guanidine groups is 1. The summed E-state index contributed by atoms with van der Waals surface area (Å²) in [4.78, 5) is 16.1. The van der Waals surface area contributed by atoms with Gasteiger partial charge in [-0.1, -0.05) is 12.1 Å². The highest BCUT2D eigenvalue weighted by Gasteiger charge is 2.16.